The Bertz CT molecular complexity index is 2060. The average Bonchev–Trinajstić information content (AvgIpc) is 4.04. The Hall–Kier alpha value is -5.21. The maximum atomic E-state index is 13.9. The van der Waals surface area contributed by atoms with E-state index >= 15 is 0 Å². The van der Waals surface area contributed by atoms with E-state index in [0.717, 1.165) is 52.1 Å². The SMILES string of the molecule is COC[C@H]1C[C@@H](C2=NC(Cl)=C(c3ccc(-c4ccc(-c5cnc([C@@H]6CC[C@H](C)N6C(=O)C(NC(=O)OC)C(C)C)[nH]5)cc4)cc3)C2)N(C(=O)[C@@H](NC(=O)OC)C(C)C)C1. The molecule has 2 saturated heterocycles. The molecule has 15 heteroatoms. The molecule has 0 aliphatic carbocycles. The molecule has 1 unspecified atom stereocenters. The number of aromatic nitrogens is 2. The minimum absolute atomic E-state index is 0.00833. The normalized spacial score (nSPS) is 21.5. The molecule has 1 aromatic heterocycles. The van der Waals surface area contributed by atoms with Crippen LogP contribution < -0.4 is 10.6 Å². The fraction of sp³-hybridized carbons (Fsp3) is 0.500. The third-order valence-corrected chi connectivity index (χ3v) is 12.0. The number of nitrogens with zero attached hydrogens (tertiary/aromatic N) is 4. The Labute approximate surface area is 351 Å². The van der Waals surface area contributed by atoms with Crippen molar-refractivity contribution < 1.29 is 33.4 Å². The lowest BCUT2D eigenvalue weighted by Gasteiger charge is -2.32. The van der Waals surface area contributed by atoms with Gasteiger partial charge in [0.15, 0.2) is 0 Å². The number of allylic oxidation sites excluding steroid dienone is 1. The van der Waals surface area contributed by atoms with Crippen LogP contribution in [0, 0.1) is 17.8 Å². The van der Waals surface area contributed by atoms with E-state index in [0.29, 0.717) is 37.0 Å². The number of hydrogen-bond acceptors (Lipinski definition) is 9. The minimum atomic E-state index is -0.749. The van der Waals surface area contributed by atoms with Gasteiger partial charge >= 0.3 is 12.2 Å². The molecular formula is C44H56ClN7O7. The number of amides is 4. The molecule has 2 aromatic carbocycles. The Balaban J connectivity index is 1.12. The number of benzene rings is 2. The molecule has 0 bridgehead atoms. The first-order valence-corrected chi connectivity index (χ1v) is 20.6. The summed E-state index contributed by atoms with van der Waals surface area (Å²) in [6, 6.07) is 14.4. The number of methoxy groups -OCH3 is 3. The zero-order valence-electron chi connectivity index (χ0n) is 35.1. The standard InChI is InChI=1S/C44H56ClN7O7/c1-24(2)37(49-43(55)58-7)41(53)51-22-27(23-57-6)19-36(51)33-20-32(39(45)47-33)30-14-10-28(11-15-30)29-12-16-31(17-13-29)34-21-46-40(48-34)35-18-9-26(5)52(35)42(54)38(25(3)4)50-44(56)59-8/h10-17,21,24-27,35-38H,9,18-20,22-23H2,1-8H3,(H,46,48)(H,49,55)(H,50,56)/t26-,27-,35-,36-,37-,38?/m0/s1. The van der Waals surface area contributed by atoms with Gasteiger partial charge in [0.25, 0.3) is 0 Å². The summed E-state index contributed by atoms with van der Waals surface area (Å²) in [5, 5.41) is 5.83. The second-order valence-electron chi connectivity index (χ2n) is 16.4. The van der Waals surface area contributed by atoms with Crippen molar-refractivity contribution in [3.05, 3.63) is 71.3 Å². The quantitative estimate of drug-likeness (QED) is 0.153. The van der Waals surface area contributed by atoms with Crippen molar-refractivity contribution >= 4 is 46.9 Å². The van der Waals surface area contributed by atoms with Crippen molar-refractivity contribution in [2.75, 3.05) is 34.5 Å². The van der Waals surface area contributed by atoms with Gasteiger partial charge in [-0.2, -0.15) is 0 Å². The smallest absolute Gasteiger partial charge is 0.407 e. The lowest BCUT2D eigenvalue weighted by Crippen LogP contribution is -2.53. The molecule has 4 heterocycles. The average molecular weight is 830 g/mol. The van der Waals surface area contributed by atoms with E-state index in [9.17, 15) is 19.2 Å². The third-order valence-electron chi connectivity index (χ3n) is 11.7. The van der Waals surface area contributed by atoms with Gasteiger partial charge in [0.05, 0.1) is 44.8 Å². The zero-order valence-corrected chi connectivity index (χ0v) is 35.8. The number of carbonyl (C=O) groups excluding carboxylic acids is 4. The van der Waals surface area contributed by atoms with Gasteiger partial charge in [0, 0.05) is 43.3 Å². The van der Waals surface area contributed by atoms with Gasteiger partial charge in [-0.3, -0.25) is 9.59 Å². The Morgan fingerprint density at radius 3 is 1.93 bits per heavy atom. The summed E-state index contributed by atoms with van der Waals surface area (Å²) in [4.78, 5) is 68.5. The van der Waals surface area contributed by atoms with E-state index in [4.69, 9.17) is 35.8 Å². The lowest BCUT2D eigenvalue weighted by atomic mass is 9.95. The van der Waals surface area contributed by atoms with Crippen LogP contribution in [0.1, 0.15) is 77.7 Å². The van der Waals surface area contributed by atoms with Crippen LogP contribution in [0.2, 0.25) is 0 Å². The van der Waals surface area contributed by atoms with Crippen LogP contribution in [0.25, 0.3) is 28.0 Å². The summed E-state index contributed by atoms with van der Waals surface area (Å²) in [5.74, 6) is 0.214. The molecule has 0 spiro atoms. The molecular weight excluding hydrogens is 774 g/mol. The number of ether oxygens (including phenoxy) is 3. The molecule has 0 saturated carbocycles. The van der Waals surface area contributed by atoms with Gasteiger partial charge in [0.1, 0.15) is 23.1 Å². The van der Waals surface area contributed by atoms with Gasteiger partial charge in [-0.1, -0.05) is 87.8 Å². The summed E-state index contributed by atoms with van der Waals surface area (Å²) < 4.78 is 15.1. The fourth-order valence-electron chi connectivity index (χ4n) is 8.46. The highest BCUT2D eigenvalue weighted by Gasteiger charge is 2.43. The minimum Gasteiger partial charge on any atom is -0.453 e. The summed E-state index contributed by atoms with van der Waals surface area (Å²) in [5.41, 5.74) is 6.53. The highest BCUT2D eigenvalue weighted by atomic mass is 35.5. The monoisotopic (exact) mass is 829 g/mol. The van der Waals surface area contributed by atoms with E-state index in [-0.39, 0.29) is 47.7 Å². The molecule has 6 rings (SSSR count). The van der Waals surface area contributed by atoms with Crippen molar-refractivity contribution in [3.63, 3.8) is 0 Å². The molecule has 3 N–H and O–H groups in total. The highest BCUT2D eigenvalue weighted by Crippen LogP contribution is 2.39. The summed E-state index contributed by atoms with van der Waals surface area (Å²) in [6.07, 6.45) is 3.28. The van der Waals surface area contributed by atoms with Gasteiger partial charge in [-0.05, 0) is 60.3 Å². The topological polar surface area (TPSA) is 168 Å². The number of halogens is 1. The second kappa shape index (κ2) is 18.8. The maximum Gasteiger partial charge on any atom is 0.407 e. The number of alkyl carbamates (subject to hydrolysis) is 2. The number of carbonyl (C=O) groups is 4. The van der Waals surface area contributed by atoms with Crippen molar-refractivity contribution in [1.29, 1.82) is 0 Å². The summed E-state index contributed by atoms with van der Waals surface area (Å²) in [6.45, 7) is 10.6. The predicted molar refractivity (Wildman–Crippen MR) is 226 cm³/mol. The molecule has 0 radical (unpaired) electrons. The van der Waals surface area contributed by atoms with Gasteiger partial charge in [-0.25, -0.2) is 19.6 Å². The first-order chi connectivity index (χ1) is 28.2. The van der Waals surface area contributed by atoms with E-state index in [2.05, 4.69) is 39.9 Å². The first kappa shape index (κ1) is 43.4. The number of nitrogens with one attached hydrogen (secondary N) is 3. The molecule has 2 fully saturated rings. The van der Waals surface area contributed by atoms with Crippen LogP contribution >= 0.6 is 11.6 Å². The molecule has 3 aromatic rings. The van der Waals surface area contributed by atoms with Gasteiger partial charge in [0.2, 0.25) is 11.8 Å². The molecule has 6 atom stereocenters. The zero-order chi connectivity index (χ0) is 42.5. The van der Waals surface area contributed by atoms with Crippen LogP contribution in [0.15, 0.2) is 64.9 Å². The fourth-order valence-corrected chi connectivity index (χ4v) is 8.74. The van der Waals surface area contributed by atoms with E-state index in [1.165, 1.54) is 14.2 Å². The van der Waals surface area contributed by atoms with E-state index in [1.807, 2.05) is 68.7 Å². The highest BCUT2D eigenvalue weighted by molar-refractivity contribution is 6.35. The van der Waals surface area contributed by atoms with Crippen LogP contribution in [0.5, 0.6) is 0 Å². The Kier molecular flexibility index (Phi) is 13.8. The number of hydrogen-bond donors (Lipinski definition) is 3. The van der Waals surface area contributed by atoms with Gasteiger partial charge in [-0.15, -0.1) is 0 Å². The van der Waals surface area contributed by atoms with E-state index < -0.39 is 24.3 Å². The Morgan fingerprint density at radius 2 is 1.37 bits per heavy atom. The largest absolute Gasteiger partial charge is 0.453 e. The van der Waals surface area contributed by atoms with Gasteiger partial charge < -0.3 is 39.6 Å². The lowest BCUT2D eigenvalue weighted by molar-refractivity contribution is -0.137. The van der Waals surface area contributed by atoms with E-state index in [1.54, 1.807) is 13.3 Å². The molecule has 4 amide bonds. The number of H-pyrrole nitrogens is 1. The number of aromatic amines is 1. The van der Waals surface area contributed by atoms with Crippen LogP contribution in [-0.4, -0.2) is 108 Å². The molecule has 3 aliphatic heterocycles. The van der Waals surface area contributed by atoms with Crippen molar-refractivity contribution in [2.45, 2.75) is 90.5 Å². The second-order valence-corrected chi connectivity index (χ2v) is 16.7. The Morgan fingerprint density at radius 1 is 0.814 bits per heavy atom. The number of likely N-dealkylation sites (tertiary alicyclic amines) is 2. The molecule has 59 heavy (non-hydrogen) atoms. The maximum absolute atomic E-state index is 13.9. The predicted octanol–water partition coefficient (Wildman–Crippen LogP) is 7.17. The van der Waals surface area contributed by atoms with Crippen LogP contribution in [0.4, 0.5) is 9.59 Å². The number of aliphatic imine (C=N–C) groups is 1. The van der Waals surface area contributed by atoms with Crippen LogP contribution in [0.3, 0.4) is 0 Å². The first-order valence-electron chi connectivity index (χ1n) is 20.3. The van der Waals surface area contributed by atoms with Crippen molar-refractivity contribution in [3.8, 4) is 22.4 Å². The van der Waals surface area contributed by atoms with Crippen molar-refractivity contribution in [2.24, 2.45) is 22.7 Å². The summed E-state index contributed by atoms with van der Waals surface area (Å²) in [7, 11) is 4.22. The number of imidazole rings is 1. The third kappa shape index (κ3) is 9.49. The molecule has 3 aliphatic rings. The number of rotatable bonds is 13. The van der Waals surface area contributed by atoms with Crippen LogP contribution in [-0.2, 0) is 23.8 Å². The molecule has 14 nitrogen and oxygen atoms in total. The molecule has 316 valence electrons. The summed E-state index contributed by atoms with van der Waals surface area (Å²) >= 11 is 6.81. The van der Waals surface area contributed by atoms with Crippen molar-refractivity contribution in [1.82, 2.24) is 30.4 Å².